The first-order valence-electron chi connectivity index (χ1n) is 7.61. The average Bonchev–Trinajstić information content (AvgIpc) is 2.60. The fourth-order valence-corrected chi connectivity index (χ4v) is 2.76. The van der Waals surface area contributed by atoms with Crippen LogP contribution in [0.4, 0.5) is 5.69 Å². The van der Waals surface area contributed by atoms with Crippen molar-refractivity contribution in [1.29, 1.82) is 0 Å². The van der Waals surface area contributed by atoms with Crippen LogP contribution in [0.2, 0.25) is 5.02 Å². The molecule has 0 spiro atoms. The third kappa shape index (κ3) is 3.92. The third-order valence-corrected chi connectivity index (χ3v) is 3.93. The Morgan fingerprint density at radius 2 is 1.96 bits per heavy atom. The van der Waals surface area contributed by atoms with Crippen LogP contribution in [0.3, 0.4) is 0 Å². The van der Waals surface area contributed by atoms with Crippen LogP contribution >= 0.6 is 11.6 Å². The molecule has 2 N–H and O–H groups in total. The van der Waals surface area contributed by atoms with Crippen molar-refractivity contribution in [1.82, 2.24) is 0 Å². The van der Waals surface area contributed by atoms with Crippen molar-refractivity contribution in [2.75, 3.05) is 12.4 Å². The fraction of sp³-hybridized carbons (Fsp3) is 0.0500. The molecular weight excluding hydrogens is 338 g/mol. The van der Waals surface area contributed by atoms with Crippen LogP contribution in [-0.4, -0.2) is 18.1 Å². The zero-order valence-electron chi connectivity index (χ0n) is 13.5. The van der Waals surface area contributed by atoms with E-state index in [1.165, 1.54) is 19.3 Å². The van der Waals surface area contributed by atoms with Gasteiger partial charge in [-0.25, -0.2) is 0 Å². The van der Waals surface area contributed by atoms with Gasteiger partial charge in [0, 0.05) is 16.5 Å². The van der Waals surface area contributed by atoms with Gasteiger partial charge in [-0.15, -0.1) is 0 Å². The number of halogens is 1. The molecule has 0 radical (unpaired) electrons. The Morgan fingerprint density at radius 1 is 1.16 bits per heavy atom. The topological polar surface area (TPSA) is 58.6 Å². The first kappa shape index (κ1) is 16.9. The van der Waals surface area contributed by atoms with E-state index in [0.29, 0.717) is 22.0 Å². The zero-order valence-corrected chi connectivity index (χ0v) is 14.2. The van der Waals surface area contributed by atoms with Gasteiger partial charge in [0.1, 0.15) is 0 Å². The van der Waals surface area contributed by atoms with E-state index in [1.54, 1.807) is 24.3 Å². The fourth-order valence-electron chi connectivity index (χ4n) is 2.53. The number of anilines is 1. The molecule has 0 aliphatic heterocycles. The van der Waals surface area contributed by atoms with Gasteiger partial charge in [0.15, 0.2) is 11.5 Å². The van der Waals surface area contributed by atoms with Crippen LogP contribution < -0.4 is 10.1 Å². The average molecular weight is 354 g/mol. The van der Waals surface area contributed by atoms with Gasteiger partial charge in [-0.1, -0.05) is 41.9 Å². The van der Waals surface area contributed by atoms with E-state index >= 15 is 0 Å². The summed E-state index contributed by atoms with van der Waals surface area (Å²) in [6.07, 6.45) is 3.01. The molecule has 0 unspecified atom stereocenters. The van der Waals surface area contributed by atoms with E-state index in [-0.39, 0.29) is 11.7 Å². The predicted molar refractivity (Wildman–Crippen MR) is 101 cm³/mol. The van der Waals surface area contributed by atoms with E-state index in [9.17, 15) is 9.90 Å². The summed E-state index contributed by atoms with van der Waals surface area (Å²) in [5.41, 5.74) is 1.33. The third-order valence-electron chi connectivity index (χ3n) is 3.71. The van der Waals surface area contributed by atoms with Gasteiger partial charge in [0.25, 0.3) is 0 Å². The van der Waals surface area contributed by atoms with Crippen molar-refractivity contribution in [2.45, 2.75) is 0 Å². The quantitative estimate of drug-likeness (QED) is 0.658. The Balaban J connectivity index is 1.80. The minimum atomic E-state index is -0.289. The minimum Gasteiger partial charge on any atom is -0.504 e. The Hall–Kier alpha value is -2.98. The van der Waals surface area contributed by atoms with E-state index < -0.39 is 0 Å². The van der Waals surface area contributed by atoms with Crippen molar-refractivity contribution in [3.63, 3.8) is 0 Å². The molecule has 5 heteroatoms. The van der Waals surface area contributed by atoms with E-state index in [1.807, 2.05) is 30.3 Å². The number of nitrogens with one attached hydrogen (secondary N) is 1. The summed E-state index contributed by atoms with van der Waals surface area (Å²) in [6, 6.07) is 16.2. The number of fused-ring (bicyclic) bond motifs is 1. The summed E-state index contributed by atoms with van der Waals surface area (Å²) in [5, 5.41) is 15.0. The molecule has 0 saturated carbocycles. The molecule has 0 bridgehead atoms. The molecule has 0 aliphatic carbocycles. The van der Waals surface area contributed by atoms with Crippen molar-refractivity contribution in [3.05, 3.63) is 71.3 Å². The Labute approximate surface area is 150 Å². The molecule has 3 aromatic carbocycles. The van der Waals surface area contributed by atoms with Gasteiger partial charge in [0.05, 0.1) is 12.8 Å². The second-order valence-corrected chi connectivity index (χ2v) is 5.86. The zero-order chi connectivity index (χ0) is 17.8. The van der Waals surface area contributed by atoms with E-state index in [2.05, 4.69) is 5.32 Å². The van der Waals surface area contributed by atoms with E-state index in [4.69, 9.17) is 16.3 Å². The molecule has 3 aromatic rings. The largest absolute Gasteiger partial charge is 0.504 e. The number of amides is 1. The van der Waals surface area contributed by atoms with Gasteiger partial charge >= 0.3 is 0 Å². The predicted octanol–water partition coefficient (Wildman–Crippen LogP) is 4.86. The molecule has 4 nitrogen and oxygen atoms in total. The Morgan fingerprint density at radius 3 is 2.72 bits per heavy atom. The molecule has 0 heterocycles. The molecule has 126 valence electrons. The summed E-state index contributed by atoms with van der Waals surface area (Å²) >= 11 is 6.12. The molecule has 0 aliphatic rings. The van der Waals surface area contributed by atoms with Gasteiger partial charge in [-0.3, -0.25) is 4.79 Å². The highest BCUT2D eigenvalue weighted by molar-refractivity contribution is 6.32. The molecule has 25 heavy (non-hydrogen) atoms. The highest BCUT2D eigenvalue weighted by Crippen LogP contribution is 2.28. The molecule has 0 saturated heterocycles. The number of aromatic hydroxyl groups is 1. The number of ether oxygens (including phenoxy) is 1. The number of methoxy groups -OCH3 is 1. The number of benzene rings is 3. The second kappa shape index (κ2) is 7.28. The lowest BCUT2D eigenvalue weighted by Crippen LogP contribution is -2.08. The van der Waals surface area contributed by atoms with Crippen LogP contribution in [0.25, 0.3) is 16.8 Å². The molecule has 0 atom stereocenters. The number of phenols is 1. The monoisotopic (exact) mass is 353 g/mol. The van der Waals surface area contributed by atoms with Crippen LogP contribution in [0, 0.1) is 0 Å². The number of rotatable bonds is 4. The minimum absolute atomic E-state index is 0.0193. The van der Waals surface area contributed by atoms with Crippen LogP contribution in [0.15, 0.2) is 60.7 Å². The molecule has 0 aromatic heterocycles. The summed E-state index contributed by atoms with van der Waals surface area (Å²) in [6.45, 7) is 0. The van der Waals surface area contributed by atoms with Crippen molar-refractivity contribution in [2.24, 2.45) is 0 Å². The lowest BCUT2D eigenvalue weighted by atomic mass is 10.1. The second-order valence-electron chi connectivity index (χ2n) is 5.43. The maximum Gasteiger partial charge on any atom is 0.248 e. The Kier molecular flexibility index (Phi) is 4.91. The van der Waals surface area contributed by atoms with E-state index in [0.717, 1.165) is 10.8 Å². The number of hydrogen-bond acceptors (Lipinski definition) is 3. The van der Waals surface area contributed by atoms with Gasteiger partial charge in [0.2, 0.25) is 5.91 Å². The standard InChI is InChI=1S/C20H16ClNO3/c1-25-19-8-6-13(10-18(19)23)7-9-20(24)22-17-12-15(21)11-14-4-2-3-5-16(14)17/h2-12,23H,1H3,(H,22,24)/b9-7+. The van der Waals surface area contributed by atoms with Gasteiger partial charge in [-0.2, -0.15) is 0 Å². The summed E-state index contributed by atoms with van der Waals surface area (Å²) < 4.78 is 4.99. The SMILES string of the molecule is COc1ccc(/C=C/C(=O)Nc2cc(Cl)cc3ccccc23)cc1O. The highest BCUT2D eigenvalue weighted by atomic mass is 35.5. The molecule has 3 rings (SSSR count). The summed E-state index contributed by atoms with van der Waals surface area (Å²) in [4.78, 5) is 12.2. The Bertz CT molecular complexity index is 966. The maximum absolute atomic E-state index is 12.2. The normalized spacial score (nSPS) is 11.0. The van der Waals surface area contributed by atoms with Crippen molar-refractivity contribution < 1.29 is 14.6 Å². The van der Waals surface area contributed by atoms with Gasteiger partial charge < -0.3 is 15.2 Å². The van der Waals surface area contributed by atoms with Gasteiger partial charge in [-0.05, 0) is 41.3 Å². The number of phenolic OH excluding ortho intramolecular Hbond substituents is 1. The number of carbonyl (C=O) groups excluding carboxylic acids is 1. The first-order valence-corrected chi connectivity index (χ1v) is 7.99. The maximum atomic E-state index is 12.2. The lowest BCUT2D eigenvalue weighted by Gasteiger charge is -2.08. The van der Waals surface area contributed by atoms with Crippen LogP contribution in [-0.2, 0) is 4.79 Å². The number of hydrogen-bond donors (Lipinski definition) is 2. The summed E-state index contributed by atoms with van der Waals surface area (Å²) in [7, 11) is 1.48. The first-order chi connectivity index (χ1) is 12.1. The van der Waals surface area contributed by atoms with Crippen molar-refractivity contribution in [3.8, 4) is 11.5 Å². The lowest BCUT2D eigenvalue weighted by molar-refractivity contribution is -0.111. The molecular formula is C20H16ClNO3. The number of carbonyl (C=O) groups is 1. The highest BCUT2D eigenvalue weighted by Gasteiger charge is 2.06. The molecule has 1 amide bonds. The summed E-state index contributed by atoms with van der Waals surface area (Å²) in [5.74, 6) is 0.112. The smallest absolute Gasteiger partial charge is 0.248 e. The van der Waals surface area contributed by atoms with Crippen LogP contribution in [0.5, 0.6) is 11.5 Å². The molecule has 0 fully saturated rings. The van der Waals surface area contributed by atoms with Crippen LogP contribution in [0.1, 0.15) is 5.56 Å². The van der Waals surface area contributed by atoms with Crippen molar-refractivity contribution >= 4 is 40.0 Å².